The molecule has 1 heterocycles. The first-order valence-electron chi connectivity index (χ1n) is 7.81. The first-order chi connectivity index (χ1) is 12.4. The van der Waals surface area contributed by atoms with Crippen molar-refractivity contribution in [2.45, 2.75) is 17.7 Å². The van der Waals surface area contributed by atoms with Crippen LogP contribution in [0.5, 0.6) is 0 Å². The zero-order valence-corrected chi connectivity index (χ0v) is 16.0. The van der Waals surface area contributed by atoms with Crippen molar-refractivity contribution in [2.75, 3.05) is 10.5 Å². The Labute approximate surface area is 158 Å². The lowest BCUT2D eigenvalue weighted by Gasteiger charge is -2.10. The van der Waals surface area contributed by atoms with E-state index in [2.05, 4.69) is 9.71 Å². The van der Waals surface area contributed by atoms with Gasteiger partial charge in [0.25, 0.3) is 10.0 Å². The van der Waals surface area contributed by atoms with E-state index in [1.807, 2.05) is 0 Å². The number of fused-ring (bicyclic) bond motifs is 1. The van der Waals surface area contributed by atoms with Crippen molar-refractivity contribution in [3.63, 3.8) is 0 Å². The summed E-state index contributed by atoms with van der Waals surface area (Å²) in [5.41, 5.74) is 1.95. The third-order valence-corrected chi connectivity index (χ3v) is 6.26. The monoisotopic (exact) mass is 412 g/mol. The molecule has 0 aliphatic rings. The van der Waals surface area contributed by atoms with E-state index in [0.717, 1.165) is 10.9 Å². The van der Waals surface area contributed by atoms with Gasteiger partial charge in [-0.2, -0.15) is 0 Å². The van der Waals surface area contributed by atoms with E-state index in [4.69, 9.17) is 16.2 Å². The molecule has 0 bridgehead atoms. The van der Waals surface area contributed by atoms with Crippen molar-refractivity contribution >= 4 is 49.3 Å². The molecule has 6 nitrogen and oxygen atoms in total. The molecule has 0 saturated heterocycles. The molecule has 1 unspecified atom stereocenters. The minimum absolute atomic E-state index is 0.140. The molecule has 0 aliphatic heterocycles. The molecule has 0 fully saturated rings. The Bertz CT molecular complexity index is 1050. The topological polar surface area (TPSA) is 99.3 Å². The average Bonchev–Trinajstić information content (AvgIpc) is 2.97. The van der Waals surface area contributed by atoms with E-state index >= 15 is 0 Å². The second kappa shape index (κ2) is 7.79. The molecule has 0 saturated carbocycles. The van der Waals surface area contributed by atoms with Crippen LogP contribution in [0.1, 0.15) is 12.0 Å². The SMILES string of the molecule is O=S(O)CCCc1ccc(S(=O)(=O)Nc2cccc3c(Cl)c[nH]c23)cc1. The van der Waals surface area contributed by atoms with Gasteiger partial charge in [0.15, 0.2) is 11.1 Å². The van der Waals surface area contributed by atoms with Crippen LogP contribution in [-0.2, 0) is 27.5 Å². The number of aromatic amines is 1. The van der Waals surface area contributed by atoms with Gasteiger partial charge in [0, 0.05) is 17.3 Å². The van der Waals surface area contributed by atoms with E-state index in [0.29, 0.717) is 29.1 Å². The Balaban J connectivity index is 1.78. The number of rotatable bonds is 7. The van der Waals surface area contributed by atoms with E-state index < -0.39 is 21.1 Å². The minimum Gasteiger partial charge on any atom is -0.358 e. The number of sulfonamides is 1. The molecule has 1 aromatic heterocycles. The lowest BCUT2D eigenvalue weighted by atomic mass is 10.1. The van der Waals surface area contributed by atoms with E-state index in [1.54, 1.807) is 36.5 Å². The standard InChI is InChI=1S/C17H17ClN2O4S2/c18-15-11-19-17-14(15)4-1-5-16(17)20-26(23,24)13-8-6-12(7-9-13)3-2-10-25(21)22/h1,4-9,11,19-20H,2-3,10H2,(H,21,22). The molecular weight excluding hydrogens is 396 g/mol. The zero-order chi connectivity index (χ0) is 18.7. The highest BCUT2D eigenvalue weighted by Crippen LogP contribution is 2.29. The summed E-state index contributed by atoms with van der Waals surface area (Å²) in [4.78, 5) is 3.11. The van der Waals surface area contributed by atoms with E-state index in [-0.39, 0.29) is 10.6 Å². The maximum atomic E-state index is 12.6. The Kier molecular flexibility index (Phi) is 5.67. The van der Waals surface area contributed by atoms with Crippen molar-refractivity contribution in [3.8, 4) is 0 Å². The predicted molar refractivity (Wildman–Crippen MR) is 105 cm³/mol. The summed E-state index contributed by atoms with van der Waals surface area (Å²) in [5.74, 6) is 0.199. The van der Waals surface area contributed by atoms with Crippen molar-refractivity contribution < 1.29 is 17.2 Å². The number of para-hydroxylation sites is 1. The molecular formula is C17H17ClN2O4S2. The molecule has 0 aliphatic carbocycles. The number of halogens is 1. The van der Waals surface area contributed by atoms with Gasteiger partial charge in [-0.25, -0.2) is 12.6 Å². The summed E-state index contributed by atoms with van der Waals surface area (Å²) in [6.45, 7) is 0. The fourth-order valence-electron chi connectivity index (χ4n) is 2.64. The highest BCUT2D eigenvalue weighted by molar-refractivity contribution is 7.92. The smallest absolute Gasteiger partial charge is 0.261 e. The molecule has 9 heteroatoms. The first kappa shape index (κ1) is 18.9. The normalized spacial score (nSPS) is 13.0. The Morgan fingerprint density at radius 3 is 2.58 bits per heavy atom. The van der Waals surface area contributed by atoms with Crippen LogP contribution in [0.3, 0.4) is 0 Å². The molecule has 0 radical (unpaired) electrons. The van der Waals surface area contributed by atoms with Crippen LogP contribution in [0.2, 0.25) is 5.02 Å². The maximum absolute atomic E-state index is 12.6. The van der Waals surface area contributed by atoms with Gasteiger partial charge in [-0.3, -0.25) is 4.72 Å². The highest BCUT2D eigenvalue weighted by atomic mass is 35.5. The molecule has 26 heavy (non-hydrogen) atoms. The Morgan fingerprint density at radius 2 is 1.88 bits per heavy atom. The van der Waals surface area contributed by atoms with Gasteiger partial charge in [-0.05, 0) is 36.6 Å². The van der Waals surface area contributed by atoms with Crippen LogP contribution in [0, 0.1) is 0 Å². The summed E-state index contributed by atoms with van der Waals surface area (Å²) >= 11 is 4.26. The summed E-state index contributed by atoms with van der Waals surface area (Å²) in [7, 11) is -3.75. The lowest BCUT2D eigenvalue weighted by Crippen LogP contribution is -2.13. The van der Waals surface area contributed by atoms with Crippen LogP contribution in [0.4, 0.5) is 5.69 Å². The molecule has 3 aromatic rings. The van der Waals surface area contributed by atoms with Crippen LogP contribution >= 0.6 is 11.6 Å². The molecule has 2 aromatic carbocycles. The van der Waals surface area contributed by atoms with Crippen LogP contribution < -0.4 is 4.72 Å². The number of hydrogen-bond donors (Lipinski definition) is 3. The van der Waals surface area contributed by atoms with Gasteiger partial charge in [0.2, 0.25) is 0 Å². The Hall–Kier alpha value is -1.87. The Morgan fingerprint density at radius 1 is 1.15 bits per heavy atom. The van der Waals surface area contributed by atoms with Gasteiger partial charge in [-0.15, -0.1) is 0 Å². The quantitative estimate of drug-likeness (QED) is 0.514. The van der Waals surface area contributed by atoms with Gasteiger partial charge in [-0.1, -0.05) is 35.9 Å². The number of hydrogen-bond acceptors (Lipinski definition) is 3. The minimum atomic E-state index is -3.75. The van der Waals surface area contributed by atoms with Crippen LogP contribution in [-0.4, -0.2) is 27.9 Å². The number of anilines is 1. The number of nitrogens with one attached hydrogen (secondary N) is 2. The first-order valence-corrected chi connectivity index (χ1v) is 11.0. The summed E-state index contributed by atoms with van der Waals surface area (Å²) in [5, 5.41) is 1.26. The van der Waals surface area contributed by atoms with Crippen molar-refractivity contribution in [3.05, 3.63) is 59.2 Å². The zero-order valence-electron chi connectivity index (χ0n) is 13.6. The fraction of sp³-hybridized carbons (Fsp3) is 0.176. The van der Waals surface area contributed by atoms with Crippen molar-refractivity contribution in [1.82, 2.24) is 4.98 Å². The second-order valence-electron chi connectivity index (χ2n) is 5.74. The summed E-state index contributed by atoms with van der Waals surface area (Å²) in [6.07, 6.45) is 2.78. The fourth-order valence-corrected chi connectivity index (χ4v) is 4.32. The molecule has 0 amide bonds. The number of benzene rings is 2. The summed E-state index contributed by atoms with van der Waals surface area (Å²) < 4.78 is 47.3. The third kappa shape index (κ3) is 4.27. The van der Waals surface area contributed by atoms with Gasteiger partial charge < -0.3 is 9.54 Å². The van der Waals surface area contributed by atoms with Gasteiger partial charge in [0.1, 0.15) is 0 Å². The van der Waals surface area contributed by atoms with Crippen molar-refractivity contribution in [1.29, 1.82) is 0 Å². The van der Waals surface area contributed by atoms with E-state index in [1.165, 1.54) is 12.1 Å². The van der Waals surface area contributed by atoms with E-state index in [9.17, 15) is 12.6 Å². The number of H-pyrrole nitrogens is 1. The lowest BCUT2D eigenvalue weighted by molar-refractivity contribution is 0.561. The predicted octanol–water partition coefficient (Wildman–Crippen LogP) is 3.78. The molecule has 0 spiro atoms. The van der Waals surface area contributed by atoms with Crippen LogP contribution in [0.15, 0.2) is 53.6 Å². The average molecular weight is 413 g/mol. The van der Waals surface area contributed by atoms with Gasteiger partial charge in [0.05, 0.1) is 21.1 Å². The number of aromatic nitrogens is 1. The third-order valence-electron chi connectivity index (χ3n) is 3.93. The molecule has 3 rings (SSSR count). The second-order valence-corrected chi connectivity index (χ2v) is 8.88. The summed E-state index contributed by atoms with van der Waals surface area (Å²) in [6, 6.07) is 11.7. The molecule has 1 atom stereocenters. The van der Waals surface area contributed by atoms with Crippen LogP contribution in [0.25, 0.3) is 10.9 Å². The van der Waals surface area contributed by atoms with Gasteiger partial charge >= 0.3 is 0 Å². The highest BCUT2D eigenvalue weighted by Gasteiger charge is 2.16. The van der Waals surface area contributed by atoms with Crippen molar-refractivity contribution in [2.24, 2.45) is 0 Å². The molecule has 138 valence electrons. The number of aryl methyl sites for hydroxylation is 1. The largest absolute Gasteiger partial charge is 0.358 e. The molecule has 3 N–H and O–H groups in total. The maximum Gasteiger partial charge on any atom is 0.261 e.